The van der Waals surface area contributed by atoms with Crippen LogP contribution in [0.25, 0.3) is 0 Å². The van der Waals surface area contributed by atoms with Crippen LogP contribution in [0.3, 0.4) is 0 Å². The highest BCUT2D eigenvalue weighted by atomic mass is 16.5. The fourth-order valence-electron chi connectivity index (χ4n) is 2.71. The van der Waals surface area contributed by atoms with Crippen LogP contribution in [0.5, 0.6) is 5.75 Å². The molecule has 0 amide bonds. The topological polar surface area (TPSA) is 58.6 Å². The molecule has 0 bridgehead atoms. The first-order chi connectivity index (χ1) is 7.74. The average Bonchev–Trinajstić information content (AvgIpc) is 2.74. The molecule has 0 spiro atoms. The van der Waals surface area contributed by atoms with Gasteiger partial charge in [-0.2, -0.15) is 0 Å². The molecule has 4 heteroatoms. The number of rotatable bonds is 1. The predicted octanol–water partition coefficient (Wildman–Crippen LogP) is 0.837. The molecule has 0 saturated carbocycles. The number of para-hydroxylation sites is 1. The first-order valence-corrected chi connectivity index (χ1v) is 5.40. The number of hydrogen-bond acceptors (Lipinski definition) is 3. The Morgan fingerprint density at radius 2 is 2.31 bits per heavy atom. The molecular formula is C12H13NO3. The van der Waals surface area contributed by atoms with Gasteiger partial charge in [-0.15, -0.1) is 0 Å². The molecule has 1 aromatic carbocycles. The van der Waals surface area contributed by atoms with E-state index in [9.17, 15) is 9.90 Å². The molecule has 1 saturated heterocycles. The van der Waals surface area contributed by atoms with Gasteiger partial charge in [0, 0.05) is 19.0 Å². The number of fused-ring (bicyclic) bond motifs is 3. The zero-order valence-electron chi connectivity index (χ0n) is 8.77. The highest BCUT2D eigenvalue weighted by Gasteiger charge is 2.53. The average molecular weight is 219 g/mol. The fourth-order valence-corrected chi connectivity index (χ4v) is 2.71. The summed E-state index contributed by atoms with van der Waals surface area (Å²) in [6.45, 7) is 1.46. The van der Waals surface area contributed by atoms with Gasteiger partial charge in [0.15, 0.2) is 0 Å². The lowest BCUT2D eigenvalue weighted by molar-refractivity contribution is -0.151. The van der Waals surface area contributed by atoms with Crippen LogP contribution in [0.1, 0.15) is 11.5 Å². The number of hydrogen-bond donors (Lipinski definition) is 2. The maximum absolute atomic E-state index is 11.4. The van der Waals surface area contributed by atoms with Gasteiger partial charge in [0.25, 0.3) is 0 Å². The van der Waals surface area contributed by atoms with Crippen molar-refractivity contribution in [2.24, 2.45) is 5.41 Å². The summed E-state index contributed by atoms with van der Waals surface area (Å²) in [5, 5.41) is 12.6. The van der Waals surface area contributed by atoms with Crippen LogP contribution >= 0.6 is 0 Å². The standard InChI is InChI=1S/C12H13NO3/c14-11(15)12-6-13-5-9(12)8-3-1-2-4-10(8)16-7-12/h1-4,9,13H,5-7H2,(H,14,15)/t9-,12-/m0/s1. The molecule has 0 unspecified atom stereocenters. The van der Waals surface area contributed by atoms with E-state index in [4.69, 9.17) is 4.74 Å². The van der Waals surface area contributed by atoms with Crippen molar-refractivity contribution >= 4 is 5.97 Å². The summed E-state index contributed by atoms with van der Waals surface area (Å²) in [5.74, 6) is 0.0834. The largest absolute Gasteiger partial charge is 0.492 e. The maximum Gasteiger partial charge on any atom is 0.315 e. The Kier molecular flexibility index (Phi) is 1.94. The van der Waals surface area contributed by atoms with Crippen molar-refractivity contribution in [1.29, 1.82) is 0 Å². The third-order valence-electron chi connectivity index (χ3n) is 3.66. The Bertz CT molecular complexity index is 446. The highest BCUT2D eigenvalue weighted by molar-refractivity contribution is 5.78. The maximum atomic E-state index is 11.4. The Labute approximate surface area is 93.2 Å². The Hall–Kier alpha value is -1.55. The lowest BCUT2D eigenvalue weighted by atomic mass is 9.73. The van der Waals surface area contributed by atoms with Crippen LogP contribution in [0.4, 0.5) is 0 Å². The molecule has 1 aromatic rings. The van der Waals surface area contributed by atoms with Crippen LogP contribution in [-0.2, 0) is 4.79 Å². The van der Waals surface area contributed by atoms with Gasteiger partial charge in [-0.25, -0.2) is 0 Å². The van der Waals surface area contributed by atoms with E-state index in [0.717, 1.165) is 11.3 Å². The van der Waals surface area contributed by atoms with Gasteiger partial charge in [0.05, 0.1) is 0 Å². The van der Waals surface area contributed by atoms with Gasteiger partial charge >= 0.3 is 5.97 Å². The molecule has 0 aromatic heterocycles. The second-order valence-corrected chi connectivity index (χ2v) is 4.47. The summed E-state index contributed by atoms with van der Waals surface area (Å²) >= 11 is 0. The third kappa shape index (κ3) is 1.10. The molecule has 0 aliphatic carbocycles. The third-order valence-corrected chi connectivity index (χ3v) is 3.66. The minimum atomic E-state index is -0.783. The number of carbonyl (C=O) groups is 1. The zero-order valence-corrected chi connectivity index (χ0v) is 8.77. The Balaban J connectivity index is 2.11. The van der Waals surface area contributed by atoms with Gasteiger partial charge in [-0.1, -0.05) is 18.2 Å². The molecule has 2 atom stereocenters. The van der Waals surface area contributed by atoms with Crippen molar-refractivity contribution < 1.29 is 14.6 Å². The number of carboxylic acid groups (broad SMARTS) is 1. The van der Waals surface area contributed by atoms with E-state index >= 15 is 0 Å². The Morgan fingerprint density at radius 1 is 1.50 bits per heavy atom. The number of nitrogens with one attached hydrogen (secondary N) is 1. The second-order valence-electron chi connectivity index (χ2n) is 4.47. The summed E-state index contributed by atoms with van der Waals surface area (Å²) < 4.78 is 5.58. The van der Waals surface area contributed by atoms with Gasteiger partial charge in [-0.3, -0.25) is 4.79 Å². The van der Waals surface area contributed by atoms with Gasteiger partial charge < -0.3 is 15.2 Å². The van der Waals surface area contributed by atoms with Gasteiger partial charge in [0.2, 0.25) is 0 Å². The van der Waals surface area contributed by atoms with Crippen LogP contribution in [0, 0.1) is 5.41 Å². The molecule has 2 aliphatic rings. The predicted molar refractivity (Wildman–Crippen MR) is 57.6 cm³/mol. The first kappa shape index (κ1) is 9.66. The highest BCUT2D eigenvalue weighted by Crippen LogP contribution is 2.46. The zero-order chi connectivity index (χ0) is 11.2. The van der Waals surface area contributed by atoms with E-state index in [1.165, 1.54) is 0 Å². The normalized spacial score (nSPS) is 31.4. The smallest absolute Gasteiger partial charge is 0.315 e. The lowest BCUT2D eigenvalue weighted by Gasteiger charge is -2.35. The fraction of sp³-hybridized carbons (Fsp3) is 0.417. The van der Waals surface area contributed by atoms with E-state index in [1.54, 1.807) is 0 Å². The van der Waals surface area contributed by atoms with Crippen LogP contribution in [-0.4, -0.2) is 30.8 Å². The van der Waals surface area contributed by atoms with Crippen molar-refractivity contribution in [2.75, 3.05) is 19.7 Å². The molecule has 1 fully saturated rings. The molecule has 2 heterocycles. The minimum Gasteiger partial charge on any atom is -0.492 e. The first-order valence-electron chi connectivity index (χ1n) is 5.40. The molecule has 3 rings (SSSR count). The van der Waals surface area contributed by atoms with Crippen molar-refractivity contribution in [3.05, 3.63) is 29.8 Å². The van der Waals surface area contributed by atoms with E-state index < -0.39 is 11.4 Å². The second kappa shape index (κ2) is 3.22. The monoisotopic (exact) mass is 219 g/mol. The quantitative estimate of drug-likeness (QED) is 0.734. The SMILES string of the molecule is O=C(O)[C@]12CNC[C@H]1c1ccccc1OC2. The summed E-state index contributed by atoms with van der Waals surface area (Å²) in [7, 11) is 0. The van der Waals surface area contributed by atoms with E-state index in [0.29, 0.717) is 13.1 Å². The Morgan fingerprint density at radius 3 is 3.12 bits per heavy atom. The minimum absolute atomic E-state index is 0.0231. The number of benzene rings is 1. The summed E-state index contributed by atoms with van der Waals surface area (Å²) in [6.07, 6.45) is 0. The molecular weight excluding hydrogens is 206 g/mol. The molecule has 16 heavy (non-hydrogen) atoms. The van der Waals surface area contributed by atoms with E-state index in [1.807, 2.05) is 24.3 Å². The lowest BCUT2D eigenvalue weighted by Crippen LogP contribution is -2.45. The van der Waals surface area contributed by atoms with Gasteiger partial charge in [-0.05, 0) is 11.6 Å². The molecule has 84 valence electrons. The van der Waals surface area contributed by atoms with Crippen molar-refractivity contribution in [2.45, 2.75) is 5.92 Å². The van der Waals surface area contributed by atoms with Crippen LogP contribution < -0.4 is 10.1 Å². The molecule has 2 aliphatic heterocycles. The summed E-state index contributed by atoms with van der Waals surface area (Å²) in [6, 6.07) is 7.71. The number of ether oxygens (including phenoxy) is 1. The number of aliphatic carboxylic acids is 1. The van der Waals surface area contributed by atoms with E-state index in [2.05, 4.69) is 5.32 Å². The molecule has 2 N–H and O–H groups in total. The van der Waals surface area contributed by atoms with E-state index in [-0.39, 0.29) is 12.5 Å². The van der Waals surface area contributed by atoms with Crippen molar-refractivity contribution in [1.82, 2.24) is 5.32 Å². The molecule has 0 radical (unpaired) electrons. The summed E-state index contributed by atoms with van der Waals surface area (Å²) in [5.41, 5.74) is 0.232. The van der Waals surface area contributed by atoms with Gasteiger partial charge in [0.1, 0.15) is 17.8 Å². The van der Waals surface area contributed by atoms with Crippen molar-refractivity contribution in [3.63, 3.8) is 0 Å². The number of carboxylic acids is 1. The summed E-state index contributed by atoms with van der Waals surface area (Å²) in [4.78, 5) is 11.4. The van der Waals surface area contributed by atoms with Crippen molar-refractivity contribution in [3.8, 4) is 5.75 Å². The molecule has 4 nitrogen and oxygen atoms in total. The van der Waals surface area contributed by atoms with Crippen LogP contribution in [0.2, 0.25) is 0 Å². The van der Waals surface area contributed by atoms with Crippen LogP contribution in [0.15, 0.2) is 24.3 Å².